The summed E-state index contributed by atoms with van der Waals surface area (Å²) in [6.07, 6.45) is 4.97. The highest BCUT2D eigenvalue weighted by Crippen LogP contribution is 2.11. The minimum atomic E-state index is 0.207. The van der Waals surface area contributed by atoms with E-state index in [0.29, 0.717) is 6.54 Å². The Hall–Kier alpha value is -1.06. The van der Waals surface area contributed by atoms with Gasteiger partial charge in [-0.1, -0.05) is 26.7 Å². The monoisotopic (exact) mass is 150 g/mol. The molecule has 0 bridgehead atoms. The average Bonchev–Trinajstić information content (AvgIpc) is 1.85. The van der Waals surface area contributed by atoms with Gasteiger partial charge in [0.25, 0.3) is 0 Å². The summed E-state index contributed by atoms with van der Waals surface area (Å²) in [5, 5.41) is 0. The van der Waals surface area contributed by atoms with Gasteiger partial charge in [-0.2, -0.15) is 0 Å². The number of hydrogen-bond donors (Lipinski definition) is 0. The van der Waals surface area contributed by atoms with E-state index in [1.807, 2.05) is 0 Å². The molecule has 0 aromatic rings. The van der Waals surface area contributed by atoms with Gasteiger partial charge in [0.15, 0.2) is 0 Å². The first-order valence-corrected chi connectivity index (χ1v) is 3.58. The predicted octanol–water partition coefficient (Wildman–Crippen LogP) is 1.84. The minimum absolute atomic E-state index is 0.207. The largest absolute Gasteiger partial charge is 0.225 e. The van der Waals surface area contributed by atoms with E-state index < -0.39 is 0 Å². The average molecular weight is 150 g/mol. The molecule has 0 atom stereocenters. The Bertz CT molecular complexity index is 197. The molecule has 0 aromatic carbocycles. The van der Waals surface area contributed by atoms with Gasteiger partial charge in [-0.3, -0.25) is 0 Å². The summed E-state index contributed by atoms with van der Waals surface area (Å²) in [5.41, 5.74) is 0.207. The molecule has 2 nitrogen and oxygen atoms in total. The van der Waals surface area contributed by atoms with Gasteiger partial charge in [0.05, 0.1) is 12.6 Å². The normalized spacial score (nSPS) is 9.64. The summed E-state index contributed by atoms with van der Waals surface area (Å²) in [6.45, 7) is 7.44. The lowest BCUT2D eigenvalue weighted by Gasteiger charge is -2.12. The van der Waals surface area contributed by atoms with Gasteiger partial charge >= 0.3 is 0 Å². The molecule has 0 N–H and O–H groups in total. The smallest absolute Gasteiger partial charge is 0.110 e. The van der Waals surface area contributed by atoms with Crippen molar-refractivity contribution < 1.29 is 0 Å². The van der Waals surface area contributed by atoms with E-state index in [2.05, 4.69) is 42.7 Å². The second-order valence-electron chi connectivity index (χ2n) is 3.50. The van der Waals surface area contributed by atoms with Gasteiger partial charge in [0.2, 0.25) is 0 Å². The van der Waals surface area contributed by atoms with Crippen LogP contribution >= 0.6 is 0 Å². The molecule has 11 heavy (non-hydrogen) atoms. The lowest BCUT2D eigenvalue weighted by atomic mass is 9.98. The maximum atomic E-state index is 4.97. The molecule has 0 aliphatic heterocycles. The van der Waals surface area contributed by atoms with Gasteiger partial charge in [0.1, 0.15) is 6.54 Å². The van der Waals surface area contributed by atoms with Crippen LogP contribution in [0.4, 0.5) is 0 Å². The summed E-state index contributed by atoms with van der Waals surface area (Å²) in [5.74, 6) is 2.38. The molecule has 0 aliphatic rings. The molecule has 0 saturated heterocycles. The standard InChI is InChI=1S/C9H14N2/c1-5-6-10-8-11-7-9(2,3)4/h1H,6-7H2,2-4H3. The Balaban J connectivity index is 3.71. The van der Waals surface area contributed by atoms with Crippen molar-refractivity contribution in [3.05, 3.63) is 0 Å². The lowest BCUT2D eigenvalue weighted by Crippen LogP contribution is -2.08. The Morgan fingerprint density at radius 2 is 1.91 bits per heavy atom. The number of rotatable bonds is 2. The zero-order valence-electron chi connectivity index (χ0n) is 7.39. The van der Waals surface area contributed by atoms with Crippen LogP contribution in [-0.4, -0.2) is 19.1 Å². The van der Waals surface area contributed by atoms with Crippen LogP contribution in [0.5, 0.6) is 0 Å². The zero-order valence-corrected chi connectivity index (χ0v) is 7.39. The topological polar surface area (TPSA) is 24.7 Å². The third kappa shape index (κ3) is 8.94. The number of aliphatic imine (C=N–C) groups is 2. The minimum Gasteiger partial charge on any atom is -0.225 e. The highest BCUT2D eigenvalue weighted by Gasteiger charge is 2.07. The Morgan fingerprint density at radius 3 is 2.36 bits per heavy atom. The highest BCUT2D eigenvalue weighted by atomic mass is 14.8. The summed E-state index contributed by atoms with van der Waals surface area (Å²) < 4.78 is 0. The molecule has 60 valence electrons. The van der Waals surface area contributed by atoms with Crippen molar-refractivity contribution in [1.29, 1.82) is 0 Å². The van der Waals surface area contributed by atoms with Gasteiger partial charge < -0.3 is 0 Å². The maximum absolute atomic E-state index is 4.97. The van der Waals surface area contributed by atoms with Crippen molar-refractivity contribution in [1.82, 2.24) is 0 Å². The fraction of sp³-hybridized carbons (Fsp3) is 0.667. The van der Waals surface area contributed by atoms with Crippen LogP contribution in [0.15, 0.2) is 9.98 Å². The summed E-state index contributed by atoms with van der Waals surface area (Å²) in [7, 11) is 0. The van der Waals surface area contributed by atoms with Gasteiger partial charge in [-0.05, 0) is 5.41 Å². The number of nitrogens with zero attached hydrogens (tertiary/aromatic N) is 2. The van der Waals surface area contributed by atoms with E-state index in [1.54, 1.807) is 0 Å². The second-order valence-corrected chi connectivity index (χ2v) is 3.50. The SMILES string of the molecule is C#CCN=C=NCC(C)(C)C. The molecular weight excluding hydrogens is 136 g/mol. The van der Waals surface area contributed by atoms with Crippen molar-refractivity contribution in [2.45, 2.75) is 20.8 Å². The lowest BCUT2D eigenvalue weighted by molar-refractivity contribution is 0.430. The van der Waals surface area contributed by atoms with E-state index >= 15 is 0 Å². The van der Waals surface area contributed by atoms with Crippen molar-refractivity contribution in [2.75, 3.05) is 13.1 Å². The molecule has 0 spiro atoms. The van der Waals surface area contributed by atoms with E-state index in [0.717, 1.165) is 6.54 Å². The van der Waals surface area contributed by atoms with E-state index in [1.165, 1.54) is 0 Å². The Kier molecular flexibility index (Phi) is 4.26. The summed E-state index contributed by atoms with van der Waals surface area (Å²) in [4.78, 5) is 7.71. The van der Waals surface area contributed by atoms with Crippen molar-refractivity contribution in [2.24, 2.45) is 15.4 Å². The molecule has 2 heteroatoms. The van der Waals surface area contributed by atoms with Crippen LogP contribution in [0, 0.1) is 17.8 Å². The van der Waals surface area contributed by atoms with Crippen molar-refractivity contribution in [3.8, 4) is 12.3 Å². The first-order chi connectivity index (χ1) is 5.06. The molecular formula is C9H14N2. The number of terminal acetylenes is 1. The van der Waals surface area contributed by atoms with Crippen LogP contribution in [0.2, 0.25) is 0 Å². The molecule has 0 heterocycles. The van der Waals surface area contributed by atoms with Crippen LogP contribution in [0.3, 0.4) is 0 Å². The van der Waals surface area contributed by atoms with Crippen LogP contribution in [0.1, 0.15) is 20.8 Å². The second kappa shape index (κ2) is 4.71. The highest BCUT2D eigenvalue weighted by molar-refractivity contribution is 5.41. The van der Waals surface area contributed by atoms with Crippen LogP contribution in [-0.2, 0) is 0 Å². The van der Waals surface area contributed by atoms with Crippen molar-refractivity contribution in [3.63, 3.8) is 0 Å². The molecule has 0 amide bonds. The fourth-order valence-electron chi connectivity index (χ4n) is 0.404. The maximum Gasteiger partial charge on any atom is 0.110 e. The number of hydrogen-bond acceptors (Lipinski definition) is 2. The van der Waals surface area contributed by atoms with E-state index in [4.69, 9.17) is 6.42 Å². The quantitative estimate of drug-likeness (QED) is 0.424. The molecule has 0 aromatic heterocycles. The van der Waals surface area contributed by atoms with Crippen LogP contribution < -0.4 is 0 Å². The van der Waals surface area contributed by atoms with Gasteiger partial charge in [-0.15, -0.1) is 6.42 Å². The zero-order chi connectivity index (χ0) is 8.74. The van der Waals surface area contributed by atoms with Gasteiger partial charge in [-0.25, -0.2) is 9.98 Å². The van der Waals surface area contributed by atoms with Gasteiger partial charge in [0, 0.05) is 0 Å². The molecule has 0 saturated carbocycles. The van der Waals surface area contributed by atoms with Crippen molar-refractivity contribution >= 4 is 6.01 Å². The van der Waals surface area contributed by atoms with E-state index in [9.17, 15) is 0 Å². The van der Waals surface area contributed by atoms with Crippen LogP contribution in [0.25, 0.3) is 0 Å². The Morgan fingerprint density at radius 1 is 1.27 bits per heavy atom. The molecule has 0 aliphatic carbocycles. The molecule has 0 rings (SSSR count). The Labute approximate surface area is 68.4 Å². The summed E-state index contributed by atoms with van der Waals surface area (Å²) >= 11 is 0. The third-order valence-corrected chi connectivity index (χ3v) is 0.865. The molecule has 0 unspecified atom stereocenters. The van der Waals surface area contributed by atoms with E-state index in [-0.39, 0.29) is 5.41 Å². The fourth-order valence-corrected chi connectivity index (χ4v) is 0.404. The first kappa shape index (κ1) is 9.94. The molecule has 0 fully saturated rings. The predicted molar refractivity (Wildman–Crippen MR) is 47.9 cm³/mol. The summed E-state index contributed by atoms with van der Waals surface area (Å²) in [6, 6.07) is 2.55. The molecule has 0 radical (unpaired) electrons. The third-order valence-electron chi connectivity index (χ3n) is 0.865. The first-order valence-electron chi connectivity index (χ1n) is 3.58.